The molecule has 1 atom stereocenters. The van der Waals surface area contributed by atoms with Gasteiger partial charge in [-0.15, -0.1) is 0 Å². The average molecular weight is 319 g/mol. The number of hydrogen-bond donors (Lipinski definition) is 0. The van der Waals surface area contributed by atoms with Crippen LogP contribution in [0.1, 0.15) is 41.5 Å². The Morgan fingerprint density at radius 1 is 0.864 bits per heavy atom. The lowest BCUT2D eigenvalue weighted by Gasteiger charge is -2.23. The number of carbonyl (C=O) groups is 2. The van der Waals surface area contributed by atoms with Crippen LogP contribution in [0.3, 0.4) is 0 Å². The lowest BCUT2D eigenvalue weighted by atomic mass is 9.85. The van der Waals surface area contributed by atoms with Crippen LogP contribution in [0.2, 0.25) is 0 Å². The van der Waals surface area contributed by atoms with E-state index in [9.17, 15) is 31.5 Å². The molecule has 8 heteroatoms. The third-order valence-corrected chi connectivity index (χ3v) is 2.90. The van der Waals surface area contributed by atoms with Crippen molar-refractivity contribution in [2.24, 2.45) is 4.99 Å². The predicted octanol–water partition coefficient (Wildman–Crippen LogP) is 3.20. The van der Waals surface area contributed by atoms with Gasteiger partial charge in [0.1, 0.15) is 5.71 Å². The summed E-state index contributed by atoms with van der Waals surface area (Å²) in [6, 6.07) is 0. The first-order valence-corrected chi connectivity index (χ1v) is 6.16. The fourth-order valence-electron chi connectivity index (χ4n) is 2.04. The highest BCUT2D eigenvalue weighted by Crippen LogP contribution is 2.31. The number of rotatable bonds is 0. The Kier molecular flexibility index (Phi) is 3.67. The Balaban J connectivity index is 2.84. The molecule has 1 aliphatic rings. The molecule has 3 nitrogen and oxygen atoms in total. The van der Waals surface area contributed by atoms with Gasteiger partial charge in [-0.05, 0) is 20.8 Å². The molecule has 0 spiro atoms. The monoisotopic (exact) mass is 319 g/mol. The average Bonchev–Trinajstić information content (AvgIpc) is 2.41. The zero-order chi connectivity index (χ0) is 17.0. The number of ketones is 2. The van der Waals surface area contributed by atoms with Crippen molar-refractivity contribution in [3.8, 4) is 0 Å². The van der Waals surface area contributed by atoms with Crippen molar-refractivity contribution >= 4 is 17.3 Å². The van der Waals surface area contributed by atoms with E-state index in [0.29, 0.717) is 0 Å². The summed E-state index contributed by atoms with van der Waals surface area (Å²) in [5, 5.41) is 0. The Labute approximate surface area is 121 Å². The van der Waals surface area contributed by atoms with E-state index in [1.165, 1.54) is 20.8 Å². The zero-order valence-electron chi connectivity index (χ0n) is 11.7. The number of carbonyl (C=O) groups excluding carboxylic acids is 2. The van der Waals surface area contributed by atoms with Gasteiger partial charge in [0.25, 0.3) is 0 Å². The van der Waals surface area contributed by atoms with Crippen molar-refractivity contribution in [2.45, 2.75) is 32.5 Å². The van der Waals surface area contributed by atoms with E-state index >= 15 is 0 Å². The Morgan fingerprint density at radius 2 is 1.32 bits per heavy atom. The van der Waals surface area contributed by atoms with E-state index < -0.39 is 63.4 Å². The van der Waals surface area contributed by atoms with E-state index in [4.69, 9.17) is 0 Å². The molecule has 0 saturated heterocycles. The number of aliphatic imine (C=N–C) groups is 1. The second-order valence-corrected chi connectivity index (χ2v) is 5.73. The number of fused-ring (bicyclic) bond motifs is 1. The van der Waals surface area contributed by atoms with Crippen molar-refractivity contribution < 1.29 is 31.5 Å². The molecule has 22 heavy (non-hydrogen) atoms. The van der Waals surface area contributed by atoms with Gasteiger partial charge in [0.2, 0.25) is 17.7 Å². The van der Waals surface area contributed by atoms with Crippen molar-refractivity contribution in [2.75, 3.05) is 0 Å². The smallest absolute Gasteiger partial charge is 0.214 e. The molecule has 0 heterocycles. The molecule has 118 valence electrons. The minimum Gasteiger partial charge on any atom is -0.290 e. The molecule has 0 saturated carbocycles. The normalized spacial score (nSPS) is 20.5. The van der Waals surface area contributed by atoms with Crippen molar-refractivity contribution in [3.05, 3.63) is 34.4 Å². The zero-order valence-corrected chi connectivity index (χ0v) is 11.7. The lowest BCUT2D eigenvalue weighted by Crippen LogP contribution is -2.42. The third kappa shape index (κ3) is 2.32. The fourth-order valence-corrected chi connectivity index (χ4v) is 2.04. The minimum absolute atomic E-state index is 0.964. The van der Waals surface area contributed by atoms with E-state index in [1.807, 2.05) is 0 Å². The third-order valence-electron chi connectivity index (χ3n) is 2.90. The molecule has 0 radical (unpaired) electrons. The second kappa shape index (κ2) is 4.96. The molecule has 1 aliphatic carbocycles. The molecule has 0 fully saturated rings. The summed E-state index contributed by atoms with van der Waals surface area (Å²) in [5.74, 6) is -11.8. The summed E-state index contributed by atoms with van der Waals surface area (Å²) in [4.78, 5) is 27.5. The van der Waals surface area contributed by atoms with E-state index in [0.717, 1.165) is 0 Å². The van der Waals surface area contributed by atoms with E-state index in [2.05, 4.69) is 4.99 Å². The lowest BCUT2D eigenvalue weighted by molar-refractivity contribution is 0.0882. The molecule has 0 aliphatic heterocycles. The van der Waals surface area contributed by atoms with Gasteiger partial charge in [-0.1, -0.05) is 0 Å². The van der Waals surface area contributed by atoms with Gasteiger partial charge >= 0.3 is 0 Å². The molecule has 1 aromatic rings. The van der Waals surface area contributed by atoms with Gasteiger partial charge in [-0.3, -0.25) is 14.6 Å². The minimum atomic E-state index is -2.67. The maximum Gasteiger partial charge on any atom is 0.214 e. The van der Waals surface area contributed by atoms with Crippen molar-refractivity contribution in [1.29, 1.82) is 0 Å². The Bertz CT molecular complexity index is 734. The first-order chi connectivity index (χ1) is 9.97. The van der Waals surface area contributed by atoms with Crippen LogP contribution in [0.4, 0.5) is 22.0 Å². The molecule has 0 N–H and O–H groups in total. The number of alkyl halides is 1. The van der Waals surface area contributed by atoms with Gasteiger partial charge in [-0.2, -0.15) is 0 Å². The molecular formula is C14H10F5NO2. The highest BCUT2D eigenvalue weighted by atomic mass is 19.2. The summed E-state index contributed by atoms with van der Waals surface area (Å²) in [5.41, 5.74) is -4.73. The molecule has 0 aromatic heterocycles. The molecule has 2 rings (SSSR count). The summed E-state index contributed by atoms with van der Waals surface area (Å²) in [6.07, 6.45) is -2.67. The maximum absolute atomic E-state index is 14.0. The quantitative estimate of drug-likeness (QED) is 0.419. The molecular weight excluding hydrogens is 309 g/mol. The summed E-state index contributed by atoms with van der Waals surface area (Å²) in [6.45, 7) is 4.42. The molecule has 0 amide bonds. The topological polar surface area (TPSA) is 46.5 Å². The highest BCUT2D eigenvalue weighted by Gasteiger charge is 2.45. The largest absolute Gasteiger partial charge is 0.290 e. The second-order valence-electron chi connectivity index (χ2n) is 5.73. The van der Waals surface area contributed by atoms with Gasteiger partial charge in [0.15, 0.2) is 23.3 Å². The summed E-state index contributed by atoms with van der Waals surface area (Å²) >= 11 is 0. The summed E-state index contributed by atoms with van der Waals surface area (Å²) in [7, 11) is 0. The number of benzene rings is 1. The number of halogens is 5. The highest BCUT2D eigenvalue weighted by molar-refractivity contribution is 6.55. The van der Waals surface area contributed by atoms with E-state index in [-0.39, 0.29) is 0 Å². The van der Waals surface area contributed by atoms with Crippen LogP contribution in [0, 0.1) is 23.3 Å². The van der Waals surface area contributed by atoms with Gasteiger partial charge in [0, 0.05) is 0 Å². The van der Waals surface area contributed by atoms with E-state index in [1.54, 1.807) is 0 Å². The fraction of sp³-hybridized carbons (Fsp3) is 0.357. The number of nitrogens with zero attached hydrogens (tertiary/aromatic N) is 1. The summed E-state index contributed by atoms with van der Waals surface area (Å²) < 4.78 is 67.8. The SMILES string of the molecule is CC(C)(C)N=C1C(=O)c2c(F)c(F)c(F)c(F)c2C(=O)C1F. The van der Waals surface area contributed by atoms with Gasteiger partial charge in [-0.25, -0.2) is 22.0 Å². The first-order valence-electron chi connectivity index (χ1n) is 6.16. The predicted molar refractivity (Wildman–Crippen MR) is 67.0 cm³/mol. The van der Waals surface area contributed by atoms with Gasteiger partial charge in [0.05, 0.1) is 16.7 Å². The number of hydrogen-bond acceptors (Lipinski definition) is 3. The standard InChI is InChI=1S/C14H10F5NO2/c1-14(2,3)20-11-10(19)12(21)4-5(13(11)22)7(16)9(18)8(17)6(4)15/h10H,1-3H3. The molecule has 0 bridgehead atoms. The Hall–Kier alpha value is -2.12. The van der Waals surface area contributed by atoms with Gasteiger partial charge < -0.3 is 0 Å². The van der Waals surface area contributed by atoms with Crippen LogP contribution in [0.15, 0.2) is 4.99 Å². The van der Waals surface area contributed by atoms with Crippen LogP contribution in [-0.2, 0) is 0 Å². The van der Waals surface area contributed by atoms with Crippen LogP contribution in [-0.4, -0.2) is 29.0 Å². The van der Waals surface area contributed by atoms with Crippen LogP contribution >= 0.6 is 0 Å². The molecule has 1 unspecified atom stereocenters. The Morgan fingerprint density at radius 3 is 1.77 bits per heavy atom. The molecule has 1 aromatic carbocycles. The first kappa shape index (κ1) is 16.3. The van der Waals surface area contributed by atoms with Crippen LogP contribution in [0.5, 0.6) is 0 Å². The number of Topliss-reactive ketones (excluding diaryl/α,β-unsaturated/α-hetero) is 2. The maximum atomic E-state index is 14.0. The van der Waals surface area contributed by atoms with Crippen molar-refractivity contribution in [1.82, 2.24) is 0 Å². The van der Waals surface area contributed by atoms with Crippen molar-refractivity contribution in [3.63, 3.8) is 0 Å². The van der Waals surface area contributed by atoms with Crippen LogP contribution < -0.4 is 0 Å². The van der Waals surface area contributed by atoms with Crippen LogP contribution in [0.25, 0.3) is 0 Å².